The molecule has 0 aromatic carbocycles. The van der Waals surface area contributed by atoms with Gasteiger partial charge in [-0.3, -0.25) is 4.98 Å². The van der Waals surface area contributed by atoms with E-state index in [1.165, 1.54) is 5.69 Å². The van der Waals surface area contributed by atoms with Crippen LogP contribution in [-0.4, -0.2) is 36.8 Å². The van der Waals surface area contributed by atoms with E-state index < -0.39 is 0 Å². The number of morpholine rings is 1. The predicted octanol–water partition coefficient (Wildman–Crippen LogP) is 2.76. The monoisotopic (exact) mass is 277 g/mol. The predicted molar refractivity (Wildman–Crippen MR) is 83.2 cm³/mol. The van der Waals surface area contributed by atoms with Crippen molar-refractivity contribution in [3.05, 3.63) is 24.0 Å². The van der Waals surface area contributed by atoms with E-state index in [0.717, 1.165) is 31.7 Å². The van der Waals surface area contributed by atoms with Crippen molar-refractivity contribution in [2.45, 2.75) is 52.4 Å². The Labute approximate surface area is 122 Å². The van der Waals surface area contributed by atoms with Crippen LogP contribution in [0.3, 0.4) is 0 Å². The fourth-order valence-corrected chi connectivity index (χ4v) is 2.69. The summed E-state index contributed by atoms with van der Waals surface area (Å²) in [6.45, 7) is 11.5. The van der Waals surface area contributed by atoms with E-state index in [9.17, 15) is 0 Å². The zero-order valence-electron chi connectivity index (χ0n) is 13.1. The number of ether oxygens (including phenoxy) is 1. The SMILES string of the molecule is CCCNC(C)c1ccc(N2CC(C)OC(C)C2)cn1. The van der Waals surface area contributed by atoms with Gasteiger partial charge in [0.05, 0.1) is 29.8 Å². The molecule has 0 aliphatic carbocycles. The number of hydrogen-bond acceptors (Lipinski definition) is 4. The van der Waals surface area contributed by atoms with Crippen molar-refractivity contribution in [1.29, 1.82) is 0 Å². The third-order valence-electron chi connectivity index (χ3n) is 3.70. The van der Waals surface area contributed by atoms with Crippen LogP contribution in [0.1, 0.15) is 45.9 Å². The minimum atomic E-state index is 0.281. The highest BCUT2D eigenvalue weighted by atomic mass is 16.5. The Balaban J connectivity index is 2.00. The summed E-state index contributed by atoms with van der Waals surface area (Å²) in [4.78, 5) is 6.97. The van der Waals surface area contributed by atoms with Crippen LogP contribution in [0.15, 0.2) is 18.3 Å². The fraction of sp³-hybridized carbons (Fsp3) is 0.688. The Morgan fingerprint density at radius 2 is 2.05 bits per heavy atom. The highest BCUT2D eigenvalue weighted by Crippen LogP contribution is 2.21. The molecule has 0 spiro atoms. The van der Waals surface area contributed by atoms with Gasteiger partial charge in [0.2, 0.25) is 0 Å². The van der Waals surface area contributed by atoms with Crippen molar-refractivity contribution in [3.8, 4) is 0 Å². The van der Waals surface area contributed by atoms with Crippen molar-refractivity contribution in [2.24, 2.45) is 0 Å². The first-order valence-electron chi connectivity index (χ1n) is 7.70. The van der Waals surface area contributed by atoms with Gasteiger partial charge in [0.1, 0.15) is 0 Å². The van der Waals surface area contributed by atoms with Gasteiger partial charge in [0.15, 0.2) is 0 Å². The van der Waals surface area contributed by atoms with Crippen molar-refractivity contribution in [3.63, 3.8) is 0 Å². The molecule has 3 unspecified atom stereocenters. The lowest BCUT2D eigenvalue weighted by molar-refractivity contribution is -0.00523. The summed E-state index contributed by atoms with van der Waals surface area (Å²) in [6.07, 6.45) is 3.70. The minimum Gasteiger partial charge on any atom is -0.372 e. The Bertz CT molecular complexity index is 397. The van der Waals surface area contributed by atoms with E-state index in [0.29, 0.717) is 6.04 Å². The standard InChI is InChI=1S/C16H27N3O/c1-5-8-17-14(4)16-7-6-15(9-18-16)19-10-12(2)20-13(3)11-19/h6-7,9,12-14,17H,5,8,10-11H2,1-4H3. The van der Waals surface area contributed by atoms with Crippen LogP contribution in [0.2, 0.25) is 0 Å². The van der Waals surface area contributed by atoms with Gasteiger partial charge in [-0.25, -0.2) is 0 Å². The summed E-state index contributed by atoms with van der Waals surface area (Å²) >= 11 is 0. The van der Waals surface area contributed by atoms with E-state index in [4.69, 9.17) is 4.74 Å². The molecule has 20 heavy (non-hydrogen) atoms. The molecule has 1 saturated heterocycles. The minimum absolute atomic E-state index is 0.281. The normalized spacial score (nSPS) is 24.7. The van der Waals surface area contributed by atoms with E-state index in [1.807, 2.05) is 6.20 Å². The summed E-state index contributed by atoms with van der Waals surface area (Å²) in [7, 11) is 0. The molecule has 1 aliphatic heterocycles. The maximum absolute atomic E-state index is 5.77. The molecule has 1 aromatic rings. The van der Waals surface area contributed by atoms with Crippen molar-refractivity contribution in [1.82, 2.24) is 10.3 Å². The van der Waals surface area contributed by atoms with Gasteiger partial charge in [-0.1, -0.05) is 6.92 Å². The molecule has 0 bridgehead atoms. The van der Waals surface area contributed by atoms with Crippen molar-refractivity contribution in [2.75, 3.05) is 24.5 Å². The zero-order valence-corrected chi connectivity index (χ0v) is 13.1. The molecule has 1 aromatic heterocycles. The Morgan fingerprint density at radius 3 is 2.60 bits per heavy atom. The van der Waals surface area contributed by atoms with Gasteiger partial charge < -0.3 is 15.0 Å². The Morgan fingerprint density at radius 1 is 1.35 bits per heavy atom. The number of hydrogen-bond donors (Lipinski definition) is 1. The number of nitrogens with zero attached hydrogens (tertiary/aromatic N) is 2. The van der Waals surface area contributed by atoms with Crippen molar-refractivity contribution >= 4 is 5.69 Å². The largest absolute Gasteiger partial charge is 0.372 e. The average molecular weight is 277 g/mol. The molecule has 0 radical (unpaired) electrons. The quantitative estimate of drug-likeness (QED) is 0.898. The molecule has 4 nitrogen and oxygen atoms in total. The molecule has 1 aliphatic rings. The number of rotatable bonds is 5. The van der Waals surface area contributed by atoms with Gasteiger partial charge in [-0.15, -0.1) is 0 Å². The van der Waals surface area contributed by atoms with E-state index in [2.05, 4.69) is 55.0 Å². The van der Waals surface area contributed by atoms with Crippen molar-refractivity contribution < 1.29 is 4.74 Å². The molecular weight excluding hydrogens is 250 g/mol. The van der Waals surface area contributed by atoms with Crippen LogP contribution < -0.4 is 10.2 Å². The third kappa shape index (κ3) is 3.93. The number of aromatic nitrogens is 1. The molecule has 1 fully saturated rings. The van der Waals surface area contributed by atoms with Crippen LogP contribution >= 0.6 is 0 Å². The maximum atomic E-state index is 5.77. The lowest BCUT2D eigenvalue weighted by atomic mass is 10.1. The Kier molecular flexibility index (Phi) is 5.38. The molecule has 1 N–H and O–H groups in total. The topological polar surface area (TPSA) is 37.4 Å². The molecule has 0 amide bonds. The second kappa shape index (κ2) is 7.04. The van der Waals surface area contributed by atoms with Gasteiger partial charge in [0.25, 0.3) is 0 Å². The van der Waals surface area contributed by atoms with E-state index in [1.54, 1.807) is 0 Å². The number of nitrogens with one attached hydrogen (secondary N) is 1. The molecule has 0 saturated carbocycles. The van der Waals surface area contributed by atoms with E-state index in [-0.39, 0.29) is 12.2 Å². The van der Waals surface area contributed by atoms with E-state index >= 15 is 0 Å². The molecule has 112 valence electrons. The fourth-order valence-electron chi connectivity index (χ4n) is 2.69. The van der Waals surface area contributed by atoms with Gasteiger partial charge in [0, 0.05) is 19.1 Å². The number of anilines is 1. The van der Waals surface area contributed by atoms with Crippen LogP contribution in [0.5, 0.6) is 0 Å². The summed E-state index contributed by atoms with van der Waals surface area (Å²) in [5, 5.41) is 3.47. The average Bonchev–Trinajstić information content (AvgIpc) is 2.44. The molecular formula is C16H27N3O. The first-order chi connectivity index (χ1) is 9.60. The molecule has 3 atom stereocenters. The van der Waals surface area contributed by atoms with Crippen LogP contribution in [-0.2, 0) is 4.74 Å². The summed E-state index contributed by atoms with van der Waals surface area (Å²) in [5.41, 5.74) is 2.30. The van der Waals surface area contributed by atoms with Crippen LogP contribution in [0.4, 0.5) is 5.69 Å². The van der Waals surface area contributed by atoms with Gasteiger partial charge in [-0.2, -0.15) is 0 Å². The Hall–Kier alpha value is -1.13. The lowest BCUT2D eigenvalue weighted by Gasteiger charge is -2.36. The first-order valence-corrected chi connectivity index (χ1v) is 7.70. The summed E-state index contributed by atoms with van der Waals surface area (Å²) in [6, 6.07) is 4.62. The highest BCUT2D eigenvalue weighted by molar-refractivity contribution is 5.45. The maximum Gasteiger partial charge on any atom is 0.0726 e. The summed E-state index contributed by atoms with van der Waals surface area (Å²) in [5.74, 6) is 0. The second-order valence-corrected chi connectivity index (χ2v) is 5.78. The van der Waals surface area contributed by atoms with Crippen LogP contribution in [0.25, 0.3) is 0 Å². The lowest BCUT2D eigenvalue weighted by Crippen LogP contribution is -2.45. The first kappa shape index (κ1) is 15.3. The second-order valence-electron chi connectivity index (χ2n) is 5.78. The molecule has 2 rings (SSSR count). The smallest absolute Gasteiger partial charge is 0.0726 e. The molecule has 2 heterocycles. The summed E-state index contributed by atoms with van der Waals surface area (Å²) < 4.78 is 5.77. The highest BCUT2D eigenvalue weighted by Gasteiger charge is 2.22. The zero-order chi connectivity index (χ0) is 14.5. The molecule has 4 heteroatoms. The van der Waals surface area contributed by atoms with Gasteiger partial charge in [-0.05, 0) is 45.9 Å². The third-order valence-corrected chi connectivity index (χ3v) is 3.70. The number of pyridine rings is 1. The van der Waals surface area contributed by atoms with Crippen LogP contribution in [0, 0.1) is 0 Å². The van der Waals surface area contributed by atoms with Gasteiger partial charge >= 0.3 is 0 Å².